The van der Waals surface area contributed by atoms with Crippen LogP contribution in [0.3, 0.4) is 0 Å². The molecule has 5 heteroatoms. The van der Waals surface area contributed by atoms with Gasteiger partial charge in [0.15, 0.2) is 0 Å². The average Bonchev–Trinajstić information content (AvgIpc) is 3.46. The molecule has 132 valence electrons. The van der Waals surface area contributed by atoms with E-state index in [0.717, 1.165) is 24.0 Å². The molecule has 1 fully saturated rings. The van der Waals surface area contributed by atoms with Gasteiger partial charge in [0.2, 0.25) is 0 Å². The molecule has 3 N–H and O–H groups in total. The Morgan fingerprint density at radius 1 is 0.962 bits per heavy atom. The van der Waals surface area contributed by atoms with Crippen molar-refractivity contribution in [3.63, 3.8) is 0 Å². The van der Waals surface area contributed by atoms with Gasteiger partial charge in [-0.3, -0.25) is 9.59 Å². The number of hydrogen-bond donors (Lipinski definition) is 3. The Morgan fingerprint density at radius 2 is 1.65 bits per heavy atom. The van der Waals surface area contributed by atoms with Crippen molar-refractivity contribution in [2.75, 3.05) is 18.5 Å². The van der Waals surface area contributed by atoms with Gasteiger partial charge in [0.25, 0.3) is 0 Å². The van der Waals surface area contributed by atoms with E-state index >= 15 is 0 Å². The fourth-order valence-electron chi connectivity index (χ4n) is 2.44. The minimum atomic E-state index is -0.730. The Hall–Kier alpha value is -3.10. The molecule has 0 atom stereocenters. The summed E-state index contributed by atoms with van der Waals surface area (Å²) in [6.45, 7) is 0.343. The molecule has 2 aromatic rings. The van der Waals surface area contributed by atoms with E-state index in [4.69, 9.17) is 0 Å². The molecule has 0 bridgehead atoms. The largest absolute Gasteiger partial charge is 0.396 e. The molecule has 0 saturated heterocycles. The van der Waals surface area contributed by atoms with E-state index in [9.17, 15) is 14.7 Å². The summed E-state index contributed by atoms with van der Waals surface area (Å²) in [5.74, 6) is 4.65. The second-order valence-electron chi connectivity index (χ2n) is 6.49. The fourth-order valence-corrected chi connectivity index (χ4v) is 2.44. The van der Waals surface area contributed by atoms with E-state index in [1.807, 2.05) is 36.4 Å². The van der Waals surface area contributed by atoms with E-state index in [1.54, 1.807) is 18.2 Å². The Labute approximate surface area is 152 Å². The summed E-state index contributed by atoms with van der Waals surface area (Å²) in [6, 6.07) is 16.6. The molecular formula is C21H20N2O3. The first-order valence-electron chi connectivity index (χ1n) is 8.47. The van der Waals surface area contributed by atoms with E-state index in [-0.39, 0.29) is 12.0 Å². The molecule has 1 aliphatic rings. The van der Waals surface area contributed by atoms with Crippen LogP contribution in [0.15, 0.2) is 54.6 Å². The van der Waals surface area contributed by atoms with Gasteiger partial charge in [-0.2, -0.15) is 0 Å². The van der Waals surface area contributed by atoms with E-state index < -0.39 is 11.8 Å². The Morgan fingerprint density at radius 3 is 2.35 bits per heavy atom. The molecule has 26 heavy (non-hydrogen) atoms. The van der Waals surface area contributed by atoms with Crippen LogP contribution in [0.1, 0.15) is 24.0 Å². The van der Waals surface area contributed by atoms with Gasteiger partial charge in [0, 0.05) is 28.8 Å². The number of hydrogen-bond acceptors (Lipinski definition) is 3. The van der Waals surface area contributed by atoms with Crippen molar-refractivity contribution >= 4 is 17.5 Å². The fraction of sp³-hybridized carbons (Fsp3) is 0.238. The molecule has 0 unspecified atom stereocenters. The van der Waals surface area contributed by atoms with Crippen LogP contribution in [0.4, 0.5) is 5.69 Å². The second-order valence-corrected chi connectivity index (χ2v) is 6.49. The molecule has 2 amide bonds. The van der Waals surface area contributed by atoms with Crippen LogP contribution in [-0.2, 0) is 9.59 Å². The van der Waals surface area contributed by atoms with Crippen LogP contribution < -0.4 is 10.6 Å². The van der Waals surface area contributed by atoms with Crippen LogP contribution >= 0.6 is 0 Å². The zero-order chi connectivity index (χ0) is 18.4. The molecule has 5 nitrogen and oxygen atoms in total. The molecule has 0 spiro atoms. The summed E-state index contributed by atoms with van der Waals surface area (Å²) in [4.78, 5) is 23.9. The summed E-state index contributed by atoms with van der Waals surface area (Å²) >= 11 is 0. The third-order valence-electron chi connectivity index (χ3n) is 4.37. The van der Waals surface area contributed by atoms with Crippen molar-refractivity contribution in [2.24, 2.45) is 5.41 Å². The van der Waals surface area contributed by atoms with Gasteiger partial charge in [0.1, 0.15) is 0 Å². The van der Waals surface area contributed by atoms with Crippen LogP contribution in [0.2, 0.25) is 0 Å². The first-order valence-corrected chi connectivity index (χ1v) is 8.47. The highest BCUT2D eigenvalue weighted by molar-refractivity contribution is 6.39. The molecule has 3 rings (SSSR count). The van der Waals surface area contributed by atoms with Gasteiger partial charge in [-0.25, -0.2) is 0 Å². The Balaban J connectivity index is 1.59. The van der Waals surface area contributed by atoms with Crippen LogP contribution in [0.5, 0.6) is 0 Å². The lowest BCUT2D eigenvalue weighted by Gasteiger charge is -2.12. The van der Waals surface area contributed by atoms with E-state index in [1.165, 1.54) is 0 Å². The van der Waals surface area contributed by atoms with Gasteiger partial charge in [-0.05, 0) is 43.2 Å². The van der Waals surface area contributed by atoms with Crippen molar-refractivity contribution in [3.05, 3.63) is 65.7 Å². The highest BCUT2D eigenvalue weighted by Crippen LogP contribution is 2.44. The summed E-state index contributed by atoms with van der Waals surface area (Å²) < 4.78 is 0. The number of rotatable bonds is 4. The molecule has 1 aliphatic carbocycles. The van der Waals surface area contributed by atoms with Crippen molar-refractivity contribution in [1.82, 2.24) is 5.32 Å². The minimum absolute atomic E-state index is 0.0248. The normalized spacial score (nSPS) is 13.9. The number of carbonyl (C=O) groups excluding carboxylic acids is 2. The highest BCUT2D eigenvalue weighted by Gasteiger charge is 2.42. The first kappa shape index (κ1) is 17.7. The lowest BCUT2D eigenvalue weighted by atomic mass is 10.1. The van der Waals surface area contributed by atoms with E-state index in [2.05, 4.69) is 22.5 Å². The summed E-state index contributed by atoms with van der Waals surface area (Å²) in [5, 5.41) is 14.4. The smallest absolute Gasteiger partial charge is 0.313 e. The Kier molecular flexibility index (Phi) is 5.35. The molecule has 0 heterocycles. The number of amides is 2. The first-order chi connectivity index (χ1) is 12.6. The van der Waals surface area contributed by atoms with Crippen molar-refractivity contribution < 1.29 is 14.7 Å². The molecule has 0 aliphatic heterocycles. The molecule has 1 saturated carbocycles. The van der Waals surface area contributed by atoms with E-state index in [0.29, 0.717) is 12.2 Å². The maximum absolute atomic E-state index is 12.0. The minimum Gasteiger partial charge on any atom is -0.396 e. The van der Waals surface area contributed by atoms with Crippen LogP contribution in [0, 0.1) is 17.3 Å². The zero-order valence-corrected chi connectivity index (χ0v) is 14.3. The third-order valence-corrected chi connectivity index (χ3v) is 4.37. The SMILES string of the molecule is O=C(NCC1(CO)CC1)C(=O)Nc1cccc(C#Cc2ccccc2)c1. The van der Waals surface area contributed by atoms with Gasteiger partial charge < -0.3 is 15.7 Å². The zero-order valence-electron chi connectivity index (χ0n) is 14.3. The molecule has 2 aromatic carbocycles. The highest BCUT2D eigenvalue weighted by atomic mass is 16.3. The summed E-state index contributed by atoms with van der Waals surface area (Å²) in [6.07, 6.45) is 1.74. The number of aliphatic hydroxyl groups is 1. The quantitative estimate of drug-likeness (QED) is 0.583. The lowest BCUT2D eigenvalue weighted by Crippen LogP contribution is -2.39. The molecule has 0 aromatic heterocycles. The number of aliphatic hydroxyl groups excluding tert-OH is 1. The van der Waals surface area contributed by atoms with Gasteiger partial charge >= 0.3 is 11.8 Å². The topological polar surface area (TPSA) is 78.4 Å². The predicted octanol–water partition coefficient (Wildman–Crippen LogP) is 1.91. The number of benzene rings is 2. The van der Waals surface area contributed by atoms with Gasteiger partial charge in [0.05, 0.1) is 6.61 Å². The number of nitrogens with one attached hydrogen (secondary N) is 2. The average molecular weight is 348 g/mol. The van der Waals surface area contributed by atoms with Gasteiger partial charge in [-0.1, -0.05) is 36.1 Å². The number of carbonyl (C=O) groups is 2. The predicted molar refractivity (Wildman–Crippen MR) is 99.3 cm³/mol. The summed E-state index contributed by atoms with van der Waals surface area (Å²) in [7, 11) is 0. The number of anilines is 1. The molecular weight excluding hydrogens is 328 g/mol. The second kappa shape index (κ2) is 7.85. The maximum Gasteiger partial charge on any atom is 0.313 e. The Bertz CT molecular complexity index is 862. The maximum atomic E-state index is 12.0. The third kappa shape index (κ3) is 4.71. The molecule has 0 radical (unpaired) electrons. The van der Waals surface area contributed by atoms with Crippen molar-refractivity contribution in [2.45, 2.75) is 12.8 Å². The summed E-state index contributed by atoms with van der Waals surface area (Å²) in [5.41, 5.74) is 1.92. The van der Waals surface area contributed by atoms with Crippen molar-refractivity contribution in [1.29, 1.82) is 0 Å². The standard InChI is InChI=1S/C21H20N2O3/c24-15-21(11-12-21)14-22-19(25)20(26)23-18-8-4-7-17(13-18)10-9-16-5-2-1-3-6-16/h1-8,13,24H,11-12,14-15H2,(H,22,25)(H,23,26). The lowest BCUT2D eigenvalue weighted by molar-refractivity contribution is -0.136. The van der Waals surface area contributed by atoms with Crippen LogP contribution in [-0.4, -0.2) is 30.1 Å². The van der Waals surface area contributed by atoms with Crippen LogP contribution in [0.25, 0.3) is 0 Å². The monoisotopic (exact) mass is 348 g/mol. The van der Waals surface area contributed by atoms with Gasteiger partial charge in [-0.15, -0.1) is 0 Å². The van der Waals surface area contributed by atoms with Crippen molar-refractivity contribution in [3.8, 4) is 11.8 Å².